The second-order valence-corrected chi connectivity index (χ2v) is 2.32. The molecule has 0 atom stereocenters. The number of halogens is 3. The van der Waals surface area contributed by atoms with Gasteiger partial charge in [-0.1, -0.05) is 0 Å². The van der Waals surface area contributed by atoms with Crippen LogP contribution in [0.1, 0.15) is 0 Å². The van der Waals surface area contributed by atoms with Gasteiger partial charge in [0.1, 0.15) is 0 Å². The molecule has 0 aromatic carbocycles. The Morgan fingerprint density at radius 2 is 0.833 bits per heavy atom. The maximum absolute atomic E-state index is 2.22. The molecule has 0 heterocycles. The van der Waals surface area contributed by atoms with Gasteiger partial charge in [-0.05, 0) is 0 Å². The van der Waals surface area contributed by atoms with Crippen LogP contribution in [0.3, 0.4) is 0 Å². The van der Waals surface area contributed by atoms with Crippen molar-refractivity contribution in [3.8, 4) is 0 Å². The third-order valence-electron chi connectivity index (χ3n) is 0. The van der Waals surface area contributed by atoms with Crippen LogP contribution in [0.4, 0.5) is 0 Å². The van der Waals surface area contributed by atoms with Crippen LogP contribution in [0.5, 0.6) is 0 Å². The third kappa shape index (κ3) is 52.2. The molecule has 1 radical (unpaired) electrons. The summed E-state index contributed by atoms with van der Waals surface area (Å²) in [5.41, 5.74) is 4.44. The second-order valence-electron chi connectivity index (χ2n) is 0.447. The fourth-order valence-corrected chi connectivity index (χ4v) is 0. The zero-order valence-electron chi connectivity index (χ0n) is 3.67. The monoisotopic (exact) mass is 213 g/mol. The van der Waals surface area contributed by atoms with E-state index in [1.807, 2.05) is 0 Å². The minimum Gasteiger partial charge on any atom is -0.147 e. The molecule has 0 aliphatic rings. The normalized spacial score (nSPS) is 3.00. The van der Waals surface area contributed by atoms with Crippen molar-refractivity contribution in [1.29, 1.82) is 0 Å². The van der Waals surface area contributed by atoms with E-state index >= 15 is 0 Å². The van der Waals surface area contributed by atoms with E-state index in [4.69, 9.17) is 0 Å². The van der Waals surface area contributed by atoms with E-state index in [1.54, 1.807) is 0 Å². The first-order valence-corrected chi connectivity index (χ1v) is 4.65. The third-order valence-corrected chi connectivity index (χ3v) is 0. The Morgan fingerprint density at radius 1 is 0.833 bits per heavy atom. The fraction of sp³-hybridized carbons (Fsp3) is 1.00. The molecular weight excluding hydrogens is 205 g/mol. The molecule has 4 heteroatoms. The summed E-state index contributed by atoms with van der Waals surface area (Å²) in [6.45, 7) is 0. The SMILES string of the molecule is C[As]C.Cl.Cl.Cl. The van der Waals surface area contributed by atoms with E-state index in [1.165, 1.54) is 0 Å². The van der Waals surface area contributed by atoms with Gasteiger partial charge in [0.15, 0.2) is 0 Å². The molecule has 0 saturated heterocycles. The van der Waals surface area contributed by atoms with Crippen LogP contribution in [0, 0.1) is 0 Å². The topological polar surface area (TPSA) is 0 Å². The molecule has 43 valence electrons. The van der Waals surface area contributed by atoms with Crippen LogP contribution in [-0.2, 0) is 0 Å². The van der Waals surface area contributed by atoms with Crippen molar-refractivity contribution < 1.29 is 0 Å². The fourth-order valence-electron chi connectivity index (χ4n) is 0. The number of hydrogen-bond acceptors (Lipinski definition) is 0. The zero-order valence-corrected chi connectivity index (χ0v) is 8.00. The Morgan fingerprint density at radius 3 is 0.833 bits per heavy atom. The van der Waals surface area contributed by atoms with Crippen molar-refractivity contribution in [3.63, 3.8) is 0 Å². The quantitative estimate of drug-likeness (QED) is 0.541. The molecule has 0 saturated carbocycles. The Bertz CT molecular complexity index is 8.75. The molecule has 0 rings (SSSR count). The summed E-state index contributed by atoms with van der Waals surface area (Å²) >= 11 is 0.688. The summed E-state index contributed by atoms with van der Waals surface area (Å²) in [6.07, 6.45) is 0. The van der Waals surface area contributed by atoms with Crippen molar-refractivity contribution in [2.75, 3.05) is 0 Å². The smallest absolute Gasteiger partial charge is 0.147 e. The second kappa shape index (κ2) is 32.1. The van der Waals surface area contributed by atoms with Gasteiger partial charge in [0.05, 0.1) is 0 Å². The Kier molecular flexibility index (Phi) is 140. The van der Waals surface area contributed by atoms with Crippen molar-refractivity contribution >= 4 is 53.0 Å². The van der Waals surface area contributed by atoms with Gasteiger partial charge >= 0.3 is 27.2 Å². The minimum absolute atomic E-state index is 0. The molecule has 0 aliphatic carbocycles. The van der Waals surface area contributed by atoms with Gasteiger partial charge in [-0.3, -0.25) is 0 Å². The Hall–Kier alpha value is 1.43. The predicted molar refractivity (Wildman–Crippen MR) is 39.2 cm³/mol. The van der Waals surface area contributed by atoms with Crippen LogP contribution in [0.2, 0.25) is 11.4 Å². The van der Waals surface area contributed by atoms with Gasteiger partial charge in [-0.25, -0.2) is 0 Å². The van der Waals surface area contributed by atoms with E-state index in [2.05, 4.69) is 11.4 Å². The molecular formula is C2H9AsCl3. The van der Waals surface area contributed by atoms with Crippen molar-refractivity contribution in [2.24, 2.45) is 0 Å². The summed E-state index contributed by atoms with van der Waals surface area (Å²) < 4.78 is 0. The van der Waals surface area contributed by atoms with E-state index in [-0.39, 0.29) is 37.2 Å². The summed E-state index contributed by atoms with van der Waals surface area (Å²) in [4.78, 5) is 0. The van der Waals surface area contributed by atoms with E-state index < -0.39 is 0 Å². The summed E-state index contributed by atoms with van der Waals surface area (Å²) in [7, 11) is 0. The standard InChI is InChI=1S/C2H6As.3ClH/c1-3-2;;;/h1-2H3;3*1H. The zero-order chi connectivity index (χ0) is 2.71. The van der Waals surface area contributed by atoms with Gasteiger partial charge in [-0.15, -0.1) is 37.2 Å². The van der Waals surface area contributed by atoms with Crippen molar-refractivity contribution in [1.82, 2.24) is 0 Å². The van der Waals surface area contributed by atoms with Crippen LogP contribution >= 0.6 is 37.2 Å². The predicted octanol–water partition coefficient (Wildman–Crippen LogP) is 2.05. The van der Waals surface area contributed by atoms with Gasteiger partial charge < -0.3 is 0 Å². The average molecular weight is 214 g/mol. The maximum atomic E-state index is 2.22. The maximum Gasteiger partial charge on any atom is -0.147 e. The van der Waals surface area contributed by atoms with E-state index in [0.717, 1.165) is 0 Å². The molecule has 6 heavy (non-hydrogen) atoms. The summed E-state index contributed by atoms with van der Waals surface area (Å²) in [5, 5.41) is 0. The first kappa shape index (κ1) is 26.1. The minimum atomic E-state index is 0. The molecule has 0 amide bonds. The Balaban J connectivity index is -0.00000000667. The first-order valence-electron chi connectivity index (χ1n) is 0.894. The van der Waals surface area contributed by atoms with Gasteiger partial charge in [0.2, 0.25) is 0 Å². The van der Waals surface area contributed by atoms with Gasteiger partial charge in [-0.2, -0.15) is 0 Å². The van der Waals surface area contributed by atoms with E-state index in [0.29, 0.717) is 15.8 Å². The molecule has 0 aliphatic heterocycles. The summed E-state index contributed by atoms with van der Waals surface area (Å²) in [6, 6.07) is 0. The van der Waals surface area contributed by atoms with Crippen LogP contribution in [0.15, 0.2) is 0 Å². The van der Waals surface area contributed by atoms with Crippen LogP contribution in [0.25, 0.3) is 0 Å². The molecule has 0 unspecified atom stereocenters. The largest absolute Gasteiger partial charge is 0.147 e. The van der Waals surface area contributed by atoms with Crippen LogP contribution < -0.4 is 0 Å². The molecule has 0 aromatic heterocycles. The van der Waals surface area contributed by atoms with E-state index in [9.17, 15) is 0 Å². The molecule has 0 N–H and O–H groups in total. The molecule has 0 bridgehead atoms. The van der Waals surface area contributed by atoms with Crippen LogP contribution in [-0.4, -0.2) is 15.8 Å². The number of hydrogen-bond donors (Lipinski definition) is 0. The summed E-state index contributed by atoms with van der Waals surface area (Å²) in [5.74, 6) is 0. The molecule has 0 aromatic rings. The molecule has 0 spiro atoms. The number of rotatable bonds is 0. The van der Waals surface area contributed by atoms with Crippen molar-refractivity contribution in [3.05, 3.63) is 0 Å². The van der Waals surface area contributed by atoms with Crippen molar-refractivity contribution in [2.45, 2.75) is 11.4 Å². The Labute approximate surface area is 64.4 Å². The molecule has 0 fully saturated rings. The molecule has 0 nitrogen and oxygen atoms in total. The van der Waals surface area contributed by atoms with Gasteiger partial charge in [0, 0.05) is 0 Å². The first-order chi connectivity index (χ1) is 1.41. The average Bonchev–Trinajstić information content (AvgIpc) is 0.918. The van der Waals surface area contributed by atoms with Gasteiger partial charge in [0.25, 0.3) is 0 Å².